The van der Waals surface area contributed by atoms with E-state index in [1.54, 1.807) is 6.08 Å². The summed E-state index contributed by atoms with van der Waals surface area (Å²) in [5.74, 6) is 0.138. The summed E-state index contributed by atoms with van der Waals surface area (Å²) >= 11 is 0. The molecule has 148 valence electrons. The highest BCUT2D eigenvalue weighted by atomic mass is 16.1. The number of aryl methyl sites for hydroxylation is 1. The van der Waals surface area contributed by atoms with Gasteiger partial charge in [0.25, 0.3) is 0 Å². The molecule has 6 nitrogen and oxygen atoms in total. The lowest BCUT2D eigenvalue weighted by molar-refractivity contribution is -0.111. The third-order valence-electron chi connectivity index (χ3n) is 4.87. The third kappa shape index (κ3) is 3.78. The summed E-state index contributed by atoms with van der Waals surface area (Å²) in [6.07, 6.45) is 5.08. The molecule has 2 heterocycles. The quantitative estimate of drug-likeness (QED) is 0.470. The van der Waals surface area contributed by atoms with Crippen LogP contribution in [0.25, 0.3) is 28.3 Å². The molecule has 6 heteroatoms. The number of fused-ring (bicyclic) bond motifs is 2. The summed E-state index contributed by atoms with van der Waals surface area (Å²) in [5.41, 5.74) is 3.85. The molecular formula is C24H21N5O. The second-order valence-corrected chi connectivity index (χ2v) is 6.96. The number of nitrogens with one attached hydrogen (secondary N) is 1. The zero-order chi connectivity index (χ0) is 20.9. The van der Waals surface area contributed by atoms with Gasteiger partial charge in [0.1, 0.15) is 23.0 Å². The molecule has 2 aromatic carbocycles. The molecule has 0 aliphatic heterocycles. The molecule has 0 bridgehead atoms. The van der Waals surface area contributed by atoms with Crippen LogP contribution in [0.5, 0.6) is 0 Å². The smallest absolute Gasteiger partial charge is 0.249 e. The monoisotopic (exact) mass is 395 g/mol. The number of hydrogen-bond acceptors (Lipinski definition) is 4. The van der Waals surface area contributed by atoms with Crippen molar-refractivity contribution in [2.45, 2.75) is 26.3 Å². The minimum Gasteiger partial charge on any atom is -0.309 e. The van der Waals surface area contributed by atoms with Crippen LogP contribution in [0.1, 0.15) is 30.9 Å². The van der Waals surface area contributed by atoms with Gasteiger partial charge in [-0.3, -0.25) is 4.79 Å². The maximum atomic E-state index is 12.6. The van der Waals surface area contributed by atoms with Crippen molar-refractivity contribution in [3.63, 3.8) is 0 Å². The number of aromatic nitrogens is 3. The number of amides is 1. The molecule has 30 heavy (non-hydrogen) atoms. The number of benzene rings is 2. The summed E-state index contributed by atoms with van der Waals surface area (Å²) in [6.45, 7) is 2.73. The highest BCUT2D eigenvalue weighted by Crippen LogP contribution is 2.29. The fourth-order valence-corrected chi connectivity index (χ4v) is 3.36. The Morgan fingerprint density at radius 1 is 1.10 bits per heavy atom. The van der Waals surface area contributed by atoms with Gasteiger partial charge in [0.2, 0.25) is 5.91 Å². The Hall–Kier alpha value is -3.98. The van der Waals surface area contributed by atoms with Gasteiger partial charge in [0, 0.05) is 12.6 Å². The Morgan fingerprint density at radius 3 is 2.50 bits per heavy atom. The van der Waals surface area contributed by atoms with Crippen molar-refractivity contribution >= 4 is 40.0 Å². The molecule has 0 aliphatic rings. The van der Waals surface area contributed by atoms with E-state index in [1.807, 2.05) is 59.2 Å². The molecular weight excluding hydrogens is 374 g/mol. The van der Waals surface area contributed by atoms with Gasteiger partial charge in [-0.15, -0.1) is 0 Å². The fourth-order valence-electron chi connectivity index (χ4n) is 3.36. The lowest BCUT2D eigenvalue weighted by atomic mass is 10.2. The van der Waals surface area contributed by atoms with E-state index in [0.717, 1.165) is 29.4 Å². The maximum Gasteiger partial charge on any atom is 0.249 e. The Bertz CT molecular complexity index is 1280. The predicted octanol–water partition coefficient (Wildman–Crippen LogP) is 4.91. The van der Waals surface area contributed by atoms with Crippen molar-refractivity contribution in [2.75, 3.05) is 5.32 Å². The Labute approximate surface area is 174 Å². The van der Waals surface area contributed by atoms with Crippen molar-refractivity contribution in [3.8, 4) is 6.07 Å². The molecule has 0 atom stereocenters. The zero-order valence-corrected chi connectivity index (χ0v) is 16.7. The summed E-state index contributed by atoms with van der Waals surface area (Å²) < 4.78 is 1.89. The van der Waals surface area contributed by atoms with Crippen LogP contribution in [0.3, 0.4) is 0 Å². The lowest BCUT2D eigenvalue weighted by Crippen LogP contribution is -2.14. The van der Waals surface area contributed by atoms with Crippen molar-refractivity contribution < 1.29 is 4.79 Å². The van der Waals surface area contributed by atoms with E-state index in [-0.39, 0.29) is 5.91 Å². The first kappa shape index (κ1) is 19.3. The highest BCUT2D eigenvalue weighted by Gasteiger charge is 2.21. The molecule has 4 aromatic rings. The summed E-state index contributed by atoms with van der Waals surface area (Å²) in [5, 5.41) is 12.7. The number of carbonyl (C=O) groups is 1. The van der Waals surface area contributed by atoms with E-state index >= 15 is 0 Å². The molecule has 0 radical (unpaired) electrons. The van der Waals surface area contributed by atoms with Crippen LogP contribution in [-0.2, 0) is 11.3 Å². The van der Waals surface area contributed by atoms with Crippen molar-refractivity contribution in [1.82, 2.24) is 14.5 Å². The fraction of sp³-hybridized carbons (Fsp3) is 0.167. The predicted molar refractivity (Wildman–Crippen MR) is 119 cm³/mol. The van der Waals surface area contributed by atoms with E-state index in [2.05, 4.69) is 23.3 Å². The van der Waals surface area contributed by atoms with Crippen LogP contribution in [0.2, 0.25) is 0 Å². The topological polar surface area (TPSA) is 83.6 Å². The van der Waals surface area contributed by atoms with E-state index in [1.165, 1.54) is 6.08 Å². The number of carbonyl (C=O) groups excluding carboxylic acids is 1. The van der Waals surface area contributed by atoms with Gasteiger partial charge in [0.05, 0.1) is 11.0 Å². The number of rotatable bonds is 6. The standard InChI is InChI=1S/C24H21N5O/c1-2-3-15-29-23(28-21(30)14-13-17-9-5-4-6-10-17)18(16-25)22-24(29)27-20-12-8-7-11-19(20)26-22/h4-14H,2-3,15H2,1H3,(H,28,30). The maximum absolute atomic E-state index is 12.6. The van der Waals surface area contributed by atoms with E-state index in [4.69, 9.17) is 4.98 Å². The highest BCUT2D eigenvalue weighted by molar-refractivity contribution is 6.05. The van der Waals surface area contributed by atoms with Crippen LogP contribution < -0.4 is 5.32 Å². The molecule has 1 N–H and O–H groups in total. The molecule has 0 fully saturated rings. The molecule has 0 aliphatic carbocycles. The average Bonchev–Trinajstić information content (AvgIpc) is 3.06. The van der Waals surface area contributed by atoms with E-state index in [9.17, 15) is 10.1 Å². The normalized spacial score (nSPS) is 11.2. The second kappa shape index (κ2) is 8.58. The number of nitriles is 1. The first-order valence-corrected chi connectivity index (χ1v) is 9.94. The lowest BCUT2D eigenvalue weighted by Gasteiger charge is -2.10. The van der Waals surface area contributed by atoms with E-state index in [0.29, 0.717) is 29.1 Å². The van der Waals surface area contributed by atoms with Crippen molar-refractivity contribution in [2.24, 2.45) is 0 Å². The first-order chi connectivity index (χ1) is 14.7. The second-order valence-electron chi connectivity index (χ2n) is 6.96. The van der Waals surface area contributed by atoms with Gasteiger partial charge in [0.15, 0.2) is 5.65 Å². The minimum atomic E-state index is -0.305. The summed E-state index contributed by atoms with van der Waals surface area (Å²) in [4.78, 5) is 22.0. The molecule has 4 rings (SSSR count). The van der Waals surface area contributed by atoms with Crippen LogP contribution in [0, 0.1) is 11.3 Å². The van der Waals surface area contributed by atoms with Crippen LogP contribution in [-0.4, -0.2) is 20.4 Å². The van der Waals surface area contributed by atoms with Crippen LogP contribution in [0.4, 0.5) is 5.82 Å². The third-order valence-corrected chi connectivity index (χ3v) is 4.87. The van der Waals surface area contributed by atoms with Crippen LogP contribution in [0.15, 0.2) is 60.7 Å². The Kier molecular flexibility index (Phi) is 5.53. The van der Waals surface area contributed by atoms with Gasteiger partial charge in [-0.2, -0.15) is 5.26 Å². The van der Waals surface area contributed by atoms with Crippen LogP contribution >= 0.6 is 0 Å². The van der Waals surface area contributed by atoms with Crippen molar-refractivity contribution in [3.05, 3.63) is 71.8 Å². The number of unbranched alkanes of at least 4 members (excludes halogenated alkanes) is 1. The zero-order valence-electron chi connectivity index (χ0n) is 16.7. The molecule has 0 saturated heterocycles. The molecule has 0 spiro atoms. The van der Waals surface area contributed by atoms with Gasteiger partial charge in [-0.1, -0.05) is 55.8 Å². The molecule has 0 saturated carbocycles. The summed E-state index contributed by atoms with van der Waals surface area (Å²) in [6, 6.07) is 19.4. The molecule has 0 unspecified atom stereocenters. The molecule has 2 aromatic heterocycles. The van der Waals surface area contributed by atoms with Crippen molar-refractivity contribution in [1.29, 1.82) is 5.26 Å². The van der Waals surface area contributed by atoms with Gasteiger partial charge in [-0.25, -0.2) is 9.97 Å². The number of anilines is 1. The largest absolute Gasteiger partial charge is 0.309 e. The first-order valence-electron chi connectivity index (χ1n) is 9.94. The molecule has 1 amide bonds. The number of para-hydroxylation sites is 2. The van der Waals surface area contributed by atoms with Gasteiger partial charge < -0.3 is 9.88 Å². The summed E-state index contributed by atoms with van der Waals surface area (Å²) in [7, 11) is 0. The minimum absolute atomic E-state index is 0.305. The number of nitrogens with zero attached hydrogens (tertiary/aromatic N) is 4. The van der Waals surface area contributed by atoms with E-state index < -0.39 is 0 Å². The van der Waals surface area contributed by atoms with Gasteiger partial charge >= 0.3 is 0 Å². The number of hydrogen-bond donors (Lipinski definition) is 1. The van der Waals surface area contributed by atoms with Gasteiger partial charge in [-0.05, 0) is 30.2 Å². The SMILES string of the molecule is CCCCn1c(NC(=O)C=Cc2ccccc2)c(C#N)c2nc3ccccc3nc21. The Morgan fingerprint density at radius 2 is 1.80 bits per heavy atom. The Balaban J connectivity index is 1.78. The average molecular weight is 395 g/mol.